The first kappa shape index (κ1) is 13.3. The summed E-state index contributed by atoms with van der Waals surface area (Å²) in [5, 5.41) is 0. The third-order valence-corrected chi connectivity index (χ3v) is 2.23. The first-order chi connectivity index (χ1) is 8.15. The Morgan fingerprint density at radius 1 is 1.12 bits per heavy atom. The molecule has 0 heterocycles. The highest BCUT2D eigenvalue weighted by atomic mass is 16.7. The highest BCUT2D eigenvalue weighted by Crippen LogP contribution is 2.38. The number of methoxy groups -OCH3 is 3. The van der Waals surface area contributed by atoms with E-state index in [2.05, 4.69) is 0 Å². The van der Waals surface area contributed by atoms with E-state index in [4.69, 9.17) is 18.9 Å². The van der Waals surface area contributed by atoms with E-state index < -0.39 is 6.29 Å². The average Bonchev–Trinajstić information content (AvgIpc) is 2.38. The molecule has 0 bridgehead atoms. The molecule has 0 aliphatic carbocycles. The number of aldehydes is 1. The summed E-state index contributed by atoms with van der Waals surface area (Å²) in [6, 6.07) is 3.15. The van der Waals surface area contributed by atoms with Crippen LogP contribution in [0.25, 0.3) is 0 Å². The fourth-order valence-corrected chi connectivity index (χ4v) is 1.30. The Bertz CT molecular complexity index is 363. The second-order valence-electron chi connectivity index (χ2n) is 3.29. The molecule has 0 amide bonds. The molecule has 0 aliphatic rings. The molecule has 1 atom stereocenters. The lowest BCUT2D eigenvalue weighted by molar-refractivity contribution is -0.0408. The molecule has 1 aromatic rings. The van der Waals surface area contributed by atoms with Gasteiger partial charge in [0.2, 0.25) is 5.75 Å². The van der Waals surface area contributed by atoms with Crippen LogP contribution in [0.2, 0.25) is 0 Å². The third kappa shape index (κ3) is 3.10. The van der Waals surface area contributed by atoms with Gasteiger partial charge in [0.15, 0.2) is 17.8 Å². The Morgan fingerprint density at radius 2 is 1.65 bits per heavy atom. The summed E-state index contributed by atoms with van der Waals surface area (Å²) in [6.45, 7) is 1.74. The van der Waals surface area contributed by atoms with Gasteiger partial charge in [-0.15, -0.1) is 0 Å². The largest absolute Gasteiger partial charge is 0.493 e. The molecule has 5 heteroatoms. The summed E-state index contributed by atoms with van der Waals surface area (Å²) in [6.07, 6.45) is 0.272. The Balaban J connectivity index is 3.19. The molecule has 0 radical (unpaired) electrons. The van der Waals surface area contributed by atoms with Crippen LogP contribution in [0.4, 0.5) is 0 Å². The fourth-order valence-electron chi connectivity index (χ4n) is 1.30. The summed E-state index contributed by atoms with van der Waals surface area (Å²) in [4.78, 5) is 10.8. The van der Waals surface area contributed by atoms with Crippen molar-refractivity contribution >= 4 is 6.29 Å². The van der Waals surface area contributed by atoms with E-state index in [0.717, 1.165) is 0 Å². The Kier molecular flexibility index (Phi) is 4.78. The van der Waals surface area contributed by atoms with Crippen molar-refractivity contribution < 1.29 is 23.7 Å². The summed E-state index contributed by atoms with van der Waals surface area (Å²) in [5.74, 6) is 1.26. The van der Waals surface area contributed by atoms with Gasteiger partial charge in [-0.3, -0.25) is 4.79 Å². The summed E-state index contributed by atoms with van der Waals surface area (Å²) < 4.78 is 20.8. The Labute approximate surface area is 100 Å². The summed E-state index contributed by atoms with van der Waals surface area (Å²) >= 11 is 0. The number of hydrogen-bond acceptors (Lipinski definition) is 5. The zero-order valence-electron chi connectivity index (χ0n) is 10.4. The number of hydrogen-bond donors (Lipinski definition) is 0. The van der Waals surface area contributed by atoms with Crippen LogP contribution >= 0.6 is 0 Å². The van der Waals surface area contributed by atoms with Crippen molar-refractivity contribution in [2.75, 3.05) is 21.3 Å². The van der Waals surface area contributed by atoms with E-state index in [1.807, 2.05) is 0 Å². The fraction of sp³-hybridized carbons (Fsp3) is 0.417. The van der Waals surface area contributed by atoms with Crippen molar-refractivity contribution in [2.45, 2.75) is 13.2 Å². The number of ether oxygens (including phenoxy) is 4. The van der Waals surface area contributed by atoms with E-state index in [1.54, 1.807) is 19.1 Å². The molecular weight excluding hydrogens is 224 g/mol. The normalized spacial score (nSPS) is 11.8. The van der Waals surface area contributed by atoms with Gasteiger partial charge in [0, 0.05) is 12.7 Å². The van der Waals surface area contributed by atoms with E-state index >= 15 is 0 Å². The van der Waals surface area contributed by atoms with Crippen LogP contribution < -0.4 is 14.2 Å². The topological polar surface area (TPSA) is 54.0 Å². The molecule has 0 aromatic heterocycles. The van der Waals surface area contributed by atoms with Crippen molar-refractivity contribution in [3.05, 3.63) is 17.7 Å². The third-order valence-electron chi connectivity index (χ3n) is 2.23. The maximum atomic E-state index is 10.8. The van der Waals surface area contributed by atoms with Gasteiger partial charge in [-0.1, -0.05) is 0 Å². The van der Waals surface area contributed by atoms with Crippen molar-refractivity contribution in [1.82, 2.24) is 0 Å². The predicted molar refractivity (Wildman–Crippen MR) is 62.0 cm³/mol. The molecule has 1 unspecified atom stereocenters. The Morgan fingerprint density at radius 3 is 2.00 bits per heavy atom. The SMILES string of the molecule is COc1cc(C=O)cc(OC)c1OC(C)OC. The second-order valence-corrected chi connectivity index (χ2v) is 3.29. The van der Waals surface area contributed by atoms with Gasteiger partial charge in [0.1, 0.15) is 6.29 Å². The monoisotopic (exact) mass is 240 g/mol. The van der Waals surface area contributed by atoms with Crippen LogP contribution in [0, 0.1) is 0 Å². The molecule has 0 saturated carbocycles. The van der Waals surface area contributed by atoms with Crippen molar-refractivity contribution in [1.29, 1.82) is 0 Å². The van der Waals surface area contributed by atoms with Gasteiger partial charge in [0.25, 0.3) is 0 Å². The molecule has 5 nitrogen and oxygen atoms in total. The number of benzene rings is 1. The van der Waals surface area contributed by atoms with E-state index in [9.17, 15) is 4.79 Å². The van der Waals surface area contributed by atoms with Crippen LogP contribution in [0.15, 0.2) is 12.1 Å². The maximum Gasteiger partial charge on any atom is 0.206 e. The van der Waals surface area contributed by atoms with Crippen LogP contribution in [0.5, 0.6) is 17.2 Å². The van der Waals surface area contributed by atoms with Crippen LogP contribution in [0.1, 0.15) is 17.3 Å². The first-order valence-corrected chi connectivity index (χ1v) is 5.06. The molecule has 17 heavy (non-hydrogen) atoms. The molecule has 0 fully saturated rings. The Hall–Kier alpha value is -1.75. The highest BCUT2D eigenvalue weighted by molar-refractivity contribution is 5.78. The minimum absolute atomic E-state index is 0.412. The lowest BCUT2D eigenvalue weighted by Gasteiger charge is -2.18. The number of carbonyl (C=O) groups excluding carboxylic acids is 1. The molecule has 1 aromatic carbocycles. The molecule has 0 spiro atoms. The predicted octanol–water partition coefficient (Wildman–Crippen LogP) is 1.89. The molecule has 94 valence electrons. The van der Waals surface area contributed by atoms with E-state index in [0.29, 0.717) is 29.1 Å². The molecule has 1 rings (SSSR count). The van der Waals surface area contributed by atoms with Crippen molar-refractivity contribution in [2.24, 2.45) is 0 Å². The lowest BCUT2D eigenvalue weighted by Crippen LogP contribution is -2.15. The molecule has 0 saturated heterocycles. The minimum atomic E-state index is -0.445. The summed E-state index contributed by atoms with van der Waals surface area (Å²) in [5.41, 5.74) is 0.455. The minimum Gasteiger partial charge on any atom is -0.493 e. The maximum absolute atomic E-state index is 10.8. The van der Waals surface area contributed by atoms with Gasteiger partial charge in [-0.25, -0.2) is 0 Å². The smallest absolute Gasteiger partial charge is 0.206 e. The highest BCUT2D eigenvalue weighted by Gasteiger charge is 2.16. The molecule has 0 N–H and O–H groups in total. The molecular formula is C12H16O5. The van der Waals surface area contributed by atoms with Crippen molar-refractivity contribution in [3.63, 3.8) is 0 Å². The zero-order chi connectivity index (χ0) is 12.8. The van der Waals surface area contributed by atoms with E-state index in [-0.39, 0.29) is 0 Å². The van der Waals surface area contributed by atoms with Gasteiger partial charge < -0.3 is 18.9 Å². The quantitative estimate of drug-likeness (QED) is 0.561. The standard InChI is InChI=1S/C12H16O5/c1-8(14-2)17-12-10(15-3)5-9(7-13)6-11(12)16-4/h5-8H,1-4H3. The zero-order valence-corrected chi connectivity index (χ0v) is 10.4. The van der Waals surface area contributed by atoms with Gasteiger partial charge in [0.05, 0.1) is 14.2 Å². The van der Waals surface area contributed by atoms with Gasteiger partial charge in [-0.05, 0) is 19.1 Å². The van der Waals surface area contributed by atoms with E-state index in [1.165, 1.54) is 21.3 Å². The number of carbonyl (C=O) groups is 1. The van der Waals surface area contributed by atoms with Crippen LogP contribution in [-0.4, -0.2) is 33.9 Å². The van der Waals surface area contributed by atoms with Crippen LogP contribution in [-0.2, 0) is 4.74 Å². The number of rotatable bonds is 6. The van der Waals surface area contributed by atoms with Gasteiger partial charge in [-0.2, -0.15) is 0 Å². The lowest BCUT2D eigenvalue weighted by atomic mass is 10.2. The first-order valence-electron chi connectivity index (χ1n) is 5.06. The summed E-state index contributed by atoms with van der Waals surface area (Å²) in [7, 11) is 4.52. The van der Waals surface area contributed by atoms with Gasteiger partial charge >= 0.3 is 0 Å². The van der Waals surface area contributed by atoms with Crippen molar-refractivity contribution in [3.8, 4) is 17.2 Å². The molecule has 0 aliphatic heterocycles. The van der Waals surface area contributed by atoms with Crippen LogP contribution in [0.3, 0.4) is 0 Å². The average molecular weight is 240 g/mol. The second kappa shape index (κ2) is 6.10.